The predicted molar refractivity (Wildman–Crippen MR) is 110 cm³/mol. The Labute approximate surface area is 166 Å². The van der Waals surface area contributed by atoms with Gasteiger partial charge in [-0.15, -0.1) is 0 Å². The maximum atomic E-state index is 12.6. The van der Waals surface area contributed by atoms with E-state index in [1.165, 1.54) is 38.8 Å². The number of benzene rings is 1. The summed E-state index contributed by atoms with van der Waals surface area (Å²) in [5, 5.41) is 1.05. The second kappa shape index (κ2) is 7.53. The van der Waals surface area contributed by atoms with Crippen LogP contribution in [-0.2, 0) is 13.0 Å². The molecule has 4 aliphatic rings. The smallest absolute Gasteiger partial charge is 0.341 e. The number of hydrogen-bond acceptors (Lipinski definition) is 5. The minimum atomic E-state index is -0.187. The first kappa shape index (κ1) is 18.2. The Morgan fingerprint density at radius 2 is 1.75 bits per heavy atom. The molecule has 2 aromatic rings. The molecule has 5 heteroatoms. The van der Waals surface area contributed by atoms with E-state index in [1.807, 2.05) is 18.2 Å². The van der Waals surface area contributed by atoms with Crippen LogP contribution in [0.15, 0.2) is 27.4 Å². The summed E-state index contributed by atoms with van der Waals surface area (Å²) < 4.78 is 10.9. The zero-order chi connectivity index (χ0) is 19.1. The molecule has 3 aliphatic heterocycles. The Morgan fingerprint density at radius 1 is 1.04 bits per heavy atom. The van der Waals surface area contributed by atoms with Gasteiger partial charge in [0, 0.05) is 50.7 Å². The number of nitrogens with zero attached hydrogens (tertiary/aromatic N) is 2. The first-order valence-electron chi connectivity index (χ1n) is 10.8. The molecule has 2 saturated heterocycles. The van der Waals surface area contributed by atoms with Crippen LogP contribution in [0.1, 0.15) is 36.8 Å². The lowest BCUT2D eigenvalue weighted by Gasteiger charge is -2.31. The quantitative estimate of drug-likeness (QED) is 0.760. The summed E-state index contributed by atoms with van der Waals surface area (Å²) in [7, 11) is 1.63. The molecule has 5 nitrogen and oxygen atoms in total. The summed E-state index contributed by atoms with van der Waals surface area (Å²) in [6.45, 7) is 6.43. The van der Waals surface area contributed by atoms with Crippen molar-refractivity contribution in [1.29, 1.82) is 0 Å². The molecule has 28 heavy (non-hydrogen) atoms. The Morgan fingerprint density at radius 3 is 2.46 bits per heavy atom. The fourth-order valence-electron chi connectivity index (χ4n) is 5.49. The highest BCUT2D eigenvalue weighted by Gasteiger charge is 2.30. The van der Waals surface area contributed by atoms with Crippen molar-refractivity contribution in [2.75, 3.05) is 39.8 Å². The van der Waals surface area contributed by atoms with E-state index in [1.54, 1.807) is 7.11 Å². The van der Waals surface area contributed by atoms with Crippen molar-refractivity contribution in [3.63, 3.8) is 0 Å². The average Bonchev–Trinajstić information content (AvgIpc) is 3.05. The number of ether oxygens (including phenoxy) is 1. The summed E-state index contributed by atoms with van der Waals surface area (Å²) in [6.07, 6.45) is 6.62. The number of hydrogen-bond donors (Lipinski definition) is 0. The van der Waals surface area contributed by atoms with E-state index in [0.29, 0.717) is 12.1 Å². The average molecular weight is 383 g/mol. The minimum absolute atomic E-state index is 0.187. The molecule has 1 saturated carbocycles. The van der Waals surface area contributed by atoms with E-state index >= 15 is 0 Å². The van der Waals surface area contributed by atoms with Gasteiger partial charge in [-0.2, -0.15) is 0 Å². The van der Waals surface area contributed by atoms with Gasteiger partial charge in [0.2, 0.25) is 0 Å². The first-order valence-corrected chi connectivity index (χ1v) is 10.8. The lowest BCUT2D eigenvalue weighted by Crippen LogP contribution is -2.40. The molecule has 150 valence electrons. The molecular weight excluding hydrogens is 352 g/mol. The number of fused-ring (bicyclic) bond motifs is 7. The van der Waals surface area contributed by atoms with Gasteiger partial charge < -0.3 is 14.1 Å². The van der Waals surface area contributed by atoms with Crippen molar-refractivity contribution >= 4 is 11.0 Å². The van der Waals surface area contributed by atoms with Crippen LogP contribution in [0.5, 0.6) is 5.75 Å². The second-order valence-electron chi connectivity index (χ2n) is 8.88. The Kier molecular flexibility index (Phi) is 4.89. The van der Waals surface area contributed by atoms with Gasteiger partial charge in [-0.3, -0.25) is 4.90 Å². The highest BCUT2D eigenvalue weighted by molar-refractivity contribution is 5.82. The molecule has 4 heterocycles. The van der Waals surface area contributed by atoms with Crippen LogP contribution in [0.3, 0.4) is 0 Å². The van der Waals surface area contributed by atoms with Gasteiger partial charge in [0.25, 0.3) is 0 Å². The van der Waals surface area contributed by atoms with Crippen molar-refractivity contribution in [2.45, 2.75) is 38.6 Å². The zero-order valence-corrected chi connectivity index (χ0v) is 16.8. The monoisotopic (exact) mass is 382 g/mol. The highest BCUT2D eigenvalue weighted by Crippen LogP contribution is 2.34. The molecular formula is C23H30N2O3. The first-order chi connectivity index (χ1) is 13.7. The lowest BCUT2D eigenvalue weighted by molar-refractivity contribution is 0.182. The molecule has 0 amide bonds. The van der Waals surface area contributed by atoms with E-state index in [-0.39, 0.29) is 5.63 Å². The SMILES string of the molecule is COc1ccc2c3c(c(=O)oc2c1)CN(CCN1CC2CCC(CC2)C1)CC3. The van der Waals surface area contributed by atoms with Crippen molar-refractivity contribution < 1.29 is 9.15 Å². The van der Waals surface area contributed by atoms with Crippen molar-refractivity contribution in [3.8, 4) is 5.75 Å². The topological polar surface area (TPSA) is 45.9 Å². The van der Waals surface area contributed by atoms with Crippen LogP contribution in [0, 0.1) is 11.8 Å². The highest BCUT2D eigenvalue weighted by atomic mass is 16.5. The van der Waals surface area contributed by atoms with E-state index in [4.69, 9.17) is 9.15 Å². The molecule has 0 spiro atoms. The zero-order valence-electron chi connectivity index (χ0n) is 16.8. The molecule has 3 fully saturated rings. The standard InChI is InChI=1S/C23H30N2O3/c1-27-18-6-7-20-19-8-9-24(15-21(19)23(26)28-22(20)12-18)10-11-25-13-16-2-3-17(14-25)5-4-16/h6-7,12,16-17H,2-5,8-11,13-15H2,1H3. The molecule has 0 atom stereocenters. The Balaban J connectivity index is 1.30. The summed E-state index contributed by atoms with van der Waals surface area (Å²) in [4.78, 5) is 17.7. The largest absolute Gasteiger partial charge is 0.497 e. The summed E-state index contributed by atoms with van der Waals surface area (Å²) in [5.74, 6) is 2.55. The maximum absolute atomic E-state index is 12.6. The molecule has 0 N–H and O–H groups in total. The van der Waals surface area contributed by atoms with E-state index < -0.39 is 0 Å². The molecule has 1 aromatic heterocycles. The molecule has 6 rings (SSSR count). The predicted octanol–water partition coefficient (Wildman–Crippen LogP) is 3.28. The van der Waals surface area contributed by atoms with Gasteiger partial charge in [-0.05, 0) is 61.6 Å². The van der Waals surface area contributed by atoms with E-state index in [0.717, 1.165) is 60.2 Å². The molecule has 1 aliphatic carbocycles. The van der Waals surface area contributed by atoms with Gasteiger partial charge in [0.1, 0.15) is 11.3 Å². The van der Waals surface area contributed by atoms with Crippen LogP contribution >= 0.6 is 0 Å². The molecule has 2 bridgehead atoms. The number of methoxy groups -OCH3 is 1. The fourth-order valence-corrected chi connectivity index (χ4v) is 5.49. The van der Waals surface area contributed by atoms with Gasteiger partial charge in [0.05, 0.1) is 12.7 Å². The van der Waals surface area contributed by atoms with Crippen LogP contribution in [0.4, 0.5) is 0 Å². The Hall–Kier alpha value is -1.85. The maximum Gasteiger partial charge on any atom is 0.341 e. The van der Waals surface area contributed by atoms with Gasteiger partial charge in [-0.1, -0.05) is 0 Å². The van der Waals surface area contributed by atoms with Crippen LogP contribution in [0.2, 0.25) is 0 Å². The second-order valence-corrected chi connectivity index (χ2v) is 8.88. The summed E-state index contributed by atoms with van der Waals surface area (Å²) in [6, 6.07) is 5.79. The van der Waals surface area contributed by atoms with Crippen molar-refractivity contribution in [1.82, 2.24) is 9.80 Å². The van der Waals surface area contributed by atoms with Crippen LogP contribution in [0.25, 0.3) is 11.0 Å². The third kappa shape index (κ3) is 3.46. The summed E-state index contributed by atoms with van der Waals surface area (Å²) >= 11 is 0. The van der Waals surface area contributed by atoms with Crippen molar-refractivity contribution in [2.24, 2.45) is 11.8 Å². The number of rotatable bonds is 4. The molecule has 0 unspecified atom stereocenters. The lowest BCUT2D eigenvalue weighted by atomic mass is 9.84. The van der Waals surface area contributed by atoms with Gasteiger partial charge in [-0.25, -0.2) is 4.79 Å². The van der Waals surface area contributed by atoms with E-state index in [2.05, 4.69) is 9.80 Å². The molecule has 1 aromatic carbocycles. The van der Waals surface area contributed by atoms with E-state index in [9.17, 15) is 4.79 Å². The molecule has 0 radical (unpaired) electrons. The third-order valence-electron chi connectivity index (χ3n) is 7.12. The van der Waals surface area contributed by atoms with Crippen molar-refractivity contribution in [3.05, 3.63) is 39.7 Å². The third-order valence-corrected chi connectivity index (χ3v) is 7.12. The van der Waals surface area contributed by atoms with Crippen LogP contribution < -0.4 is 10.4 Å². The van der Waals surface area contributed by atoms with Crippen LogP contribution in [-0.4, -0.2) is 49.6 Å². The van der Waals surface area contributed by atoms with Gasteiger partial charge in [0.15, 0.2) is 0 Å². The Bertz CT molecular complexity index is 900. The van der Waals surface area contributed by atoms with Gasteiger partial charge >= 0.3 is 5.63 Å². The fraction of sp³-hybridized carbons (Fsp3) is 0.609. The summed E-state index contributed by atoms with van der Waals surface area (Å²) in [5.41, 5.74) is 2.46. The normalized spacial score (nSPS) is 25.6. The minimum Gasteiger partial charge on any atom is -0.497 e.